The van der Waals surface area contributed by atoms with E-state index in [0.717, 1.165) is 6.08 Å². The van der Waals surface area contributed by atoms with Crippen LogP contribution in [0.25, 0.3) is 6.08 Å². The first kappa shape index (κ1) is 24.6. The smallest absolute Gasteiger partial charge is 0.339 e. The van der Waals surface area contributed by atoms with E-state index in [-0.39, 0.29) is 27.6 Å². The lowest BCUT2D eigenvalue weighted by Crippen LogP contribution is -2.15. The molecule has 0 radical (unpaired) electrons. The van der Waals surface area contributed by atoms with Crippen LogP contribution in [0.4, 0.5) is 11.4 Å². The molecule has 11 heteroatoms. The fourth-order valence-corrected chi connectivity index (χ4v) is 4.21. The Labute approximate surface area is 203 Å². The van der Waals surface area contributed by atoms with Gasteiger partial charge in [0.15, 0.2) is 0 Å². The largest absolute Gasteiger partial charge is 0.378 e. The van der Waals surface area contributed by atoms with Crippen molar-refractivity contribution >= 4 is 49.4 Å². The third-order valence-corrected chi connectivity index (χ3v) is 6.21. The van der Waals surface area contributed by atoms with Gasteiger partial charge in [-0.25, -0.2) is 0 Å². The predicted molar refractivity (Wildman–Crippen MR) is 128 cm³/mol. The zero-order valence-corrected chi connectivity index (χ0v) is 20.0. The number of nitro groups is 1. The average Bonchev–Trinajstić information content (AvgIpc) is 2.80. The Morgan fingerprint density at radius 2 is 1.85 bits per heavy atom. The van der Waals surface area contributed by atoms with E-state index in [9.17, 15) is 28.6 Å². The van der Waals surface area contributed by atoms with Gasteiger partial charge in [0.25, 0.3) is 11.6 Å². The van der Waals surface area contributed by atoms with Crippen LogP contribution in [-0.2, 0) is 14.9 Å². The number of nitrogens with zero attached hydrogens (tertiary/aromatic N) is 2. The minimum absolute atomic E-state index is 0.0715. The molecule has 1 amide bonds. The maximum Gasteiger partial charge on any atom is 0.339 e. The van der Waals surface area contributed by atoms with Gasteiger partial charge in [0.05, 0.1) is 4.92 Å². The molecule has 0 aliphatic heterocycles. The lowest BCUT2D eigenvalue weighted by molar-refractivity contribution is -0.384. The number of aryl methyl sites for hydroxylation is 1. The molecule has 0 bridgehead atoms. The summed E-state index contributed by atoms with van der Waals surface area (Å²) in [6, 6.07) is 17.8. The summed E-state index contributed by atoms with van der Waals surface area (Å²) in [6.07, 6.45) is 1.13. The Balaban J connectivity index is 1.97. The molecule has 3 aromatic rings. The van der Waals surface area contributed by atoms with E-state index in [2.05, 4.69) is 21.2 Å². The average molecular weight is 542 g/mol. The maximum absolute atomic E-state index is 12.7. The number of nitriles is 1. The topological polar surface area (TPSA) is 139 Å². The summed E-state index contributed by atoms with van der Waals surface area (Å²) in [7, 11) is -4.18. The summed E-state index contributed by atoms with van der Waals surface area (Å²) in [5, 5.41) is 23.2. The van der Waals surface area contributed by atoms with E-state index >= 15 is 0 Å². The van der Waals surface area contributed by atoms with Crippen molar-refractivity contribution in [1.29, 1.82) is 5.26 Å². The zero-order chi connectivity index (χ0) is 24.9. The van der Waals surface area contributed by atoms with Crippen LogP contribution in [0.2, 0.25) is 0 Å². The van der Waals surface area contributed by atoms with Crippen molar-refractivity contribution in [2.24, 2.45) is 0 Å². The van der Waals surface area contributed by atoms with Crippen LogP contribution in [0.3, 0.4) is 0 Å². The highest BCUT2D eigenvalue weighted by molar-refractivity contribution is 9.10. The molecule has 172 valence electrons. The SMILES string of the molecule is Cc1ccc(NC(=O)/C(C#N)=C/c2cc(Br)ccc2OS(=O)(=O)c2ccccc2)c([N+](=O)[O-])c1. The lowest BCUT2D eigenvalue weighted by Gasteiger charge is -2.11. The van der Waals surface area contributed by atoms with Gasteiger partial charge in [-0.05, 0) is 55.0 Å². The number of rotatable bonds is 7. The third kappa shape index (κ3) is 5.86. The first-order valence-corrected chi connectivity index (χ1v) is 11.8. The van der Waals surface area contributed by atoms with Crippen LogP contribution in [0.5, 0.6) is 5.75 Å². The number of amides is 1. The van der Waals surface area contributed by atoms with Crippen molar-refractivity contribution in [2.75, 3.05) is 5.32 Å². The number of anilines is 1. The molecule has 0 atom stereocenters. The summed E-state index contributed by atoms with van der Waals surface area (Å²) in [6.45, 7) is 1.66. The Bertz CT molecular complexity index is 1450. The minimum atomic E-state index is -4.18. The number of nitrogens with one attached hydrogen (secondary N) is 1. The van der Waals surface area contributed by atoms with Gasteiger partial charge in [-0.3, -0.25) is 14.9 Å². The van der Waals surface area contributed by atoms with Crippen LogP contribution >= 0.6 is 15.9 Å². The second-order valence-corrected chi connectivity index (χ2v) is 9.40. The first-order valence-electron chi connectivity index (χ1n) is 9.58. The van der Waals surface area contributed by atoms with Crippen LogP contribution < -0.4 is 9.50 Å². The van der Waals surface area contributed by atoms with Crippen LogP contribution in [0.1, 0.15) is 11.1 Å². The van der Waals surface area contributed by atoms with E-state index in [0.29, 0.717) is 10.0 Å². The molecule has 0 aromatic heterocycles. The lowest BCUT2D eigenvalue weighted by atomic mass is 10.1. The van der Waals surface area contributed by atoms with E-state index in [1.165, 1.54) is 42.5 Å². The third-order valence-electron chi connectivity index (χ3n) is 4.47. The van der Waals surface area contributed by atoms with Gasteiger partial charge >= 0.3 is 10.1 Å². The normalized spacial score (nSPS) is 11.4. The van der Waals surface area contributed by atoms with Crippen LogP contribution in [0, 0.1) is 28.4 Å². The molecule has 9 nitrogen and oxygen atoms in total. The molecule has 1 N–H and O–H groups in total. The van der Waals surface area contributed by atoms with E-state index in [1.54, 1.807) is 37.3 Å². The second kappa shape index (κ2) is 10.3. The second-order valence-electron chi connectivity index (χ2n) is 6.93. The Hall–Kier alpha value is -4.01. The number of hydrogen-bond acceptors (Lipinski definition) is 7. The van der Waals surface area contributed by atoms with Gasteiger partial charge in [-0.2, -0.15) is 13.7 Å². The maximum atomic E-state index is 12.7. The molecule has 34 heavy (non-hydrogen) atoms. The van der Waals surface area contributed by atoms with Gasteiger partial charge in [0, 0.05) is 16.1 Å². The predicted octanol–water partition coefficient (Wildman–Crippen LogP) is 4.98. The fraction of sp³-hybridized carbons (Fsp3) is 0.0435. The van der Waals surface area contributed by atoms with Gasteiger partial charge in [0.2, 0.25) is 0 Å². The number of carbonyl (C=O) groups is 1. The van der Waals surface area contributed by atoms with Crippen molar-refractivity contribution < 1.29 is 22.3 Å². The Morgan fingerprint density at radius 3 is 2.50 bits per heavy atom. The Kier molecular flexibility index (Phi) is 7.45. The van der Waals surface area contributed by atoms with Gasteiger partial charge in [-0.15, -0.1) is 0 Å². The molecule has 0 spiro atoms. The van der Waals surface area contributed by atoms with E-state index < -0.39 is 26.5 Å². The molecular formula is C23H16BrN3O6S. The molecular weight excluding hydrogens is 526 g/mol. The van der Waals surface area contributed by atoms with E-state index in [4.69, 9.17) is 4.18 Å². The standard InChI is InChI=1S/C23H16BrN3O6S/c1-15-7-9-20(21(11-15)27(29)30)26-23(28)17(14-25)12-16-13-18(24)8-10-22(16)33-34(31,32)19-5-3-2-4-6-19/h2-13H,1H3,(H,26,28)/b17-12+. The number of nitro benzene ring substituents is 1. The van der Waals surface area contributed by atoms with Crippen molar-refractivity contribution in [3.63, 3.8) is 0 Å². The van der Waals surface area contributed by atoms with E-state index in [1.807, 2.05) is 0 Å². The van der Waals surface area contributed by atoms with Crippen molar-refractivity contribution in [3.8, 4) is 11.8 Å². The van der Waals surface area contributed by atoms with Crippen molar-refractivity contribution in [3.05, 3.63) is 98.0 Å². The number of benzene rings is 3. The summed E-state index contributed by atoms with van der Waals surface area (Å²) in [5.41, 5.74) is -0.0876. The van der Waals surface area contributed by atoms with Crippen molar-refractivity contribution in [2.45, 2.75) is 11.8 Å². The highest BCUT2D eigenvalue weighted by Gasteiger charge is 2.21. The molecule has 3 aromatic carbocycles. The van der Waals surface area contributed by atoms with Gasteiger partial charge < -0.3 is 9.50 Å². The summed E-state index contributed by atoms with van der Waals surface area (Å²) in [5.74, 6) is -1.03. The monoisotopic (exact) mass is 541 g/mol. The fourth-order valence-electron chi connectivity index (χ4n) is 2.85. The molecule has 3 rings (SSSR count). The first-order chi connectivity index (χ1) is 16.1. The number of halogens is 1. The highest BCUT2D eigenvalue weighted by Crippen LogP contribution is 2.29. The van der Waals surface area contributed by atoms with Crippen LogP contribution in [-0.4, -0.2) is 19.2 Å². The molecule has 0 saturated heterocycles. The summed E-state index contributed by atoms with van der Waals surface area (Å²) < 4.78 is 31.1. The molecule has 0 heterocycles. The molecule has 0 aliphatic rings. The quantitative estimate of drug-likeness (QED) is 0.146. The zero-order valence-electron chi connectivity index (χ0n) is 17.6. The van der Waals surface area contributed by atoms with Gasteiger partial charge in [0.1, 0.15) is 28.0 Å². The molecule has 0 saturated carbocycles. The molecule has 0 aliphatic carbocycles. The Morgan fingerprint density at radius 1 is 1.15 bits per heavy atom. The molecule has 0 unspecified atom stereocenters. The van der Waals surface area contributed by atoms with Gasteiger partial charge in [-0.1, -0.05) is 40.2 Å². The van der Waals surface area contributed by atoms with Crippen molar-refractivity contribution in [1.82, 2.24) is 0 Å². The highest BCUT2D eigenvalue weighted by atomic mass is 79.9. The summed E-state index contributed by atoms with van der Waals surface area (Å²) in [4.78, 5) is 23.3. The number of hydrogen-bond donors (Lipinski definition) is 1. The van der Waals surface area contributed by atoms with Crippen LogP contribution in [0.15, 0.2) is 81.7 Å². The minimum Gasteiger partial charge on any atom is -0.378 e. The molecule has 0 fully saturated rings. The summed E-state index contributed by atoms with van der Waals surface area (Å²) >= 11 is 3.26. The number of carbonyl (C=O) groups excluding carboxylic acids is 1.